The van der Waals surface area contributed by atoms with E-state index in [9.17, 15) is 9.90 Å². The largest absolute Gasteiger partial charge is 0.454 e. The maximum atomic E-state index is 11.4. The number of fused-ring (bicyclic) bond motifs is 1. The lowest BCUT2D eigenvalue weighted by Gasteiger charge is -2.34. The van der Waals surface area contributed by atoms with Gasteiger partial charge in [-0.3, -0.25) is 4.79 Å². The first-order valence-corrected chi connectivity index (χ1v) is 6.71. The molecule has 4 heteroatoms. The van der Waals surface area contributed by atoms with Crippen LogP contribution >= 0.6 is 0 Å². The standard InChI is InChI=1S/C15H18O4/c1-10(16)15(17)6-4-11(5-7-15)12-2-3-13-14(8-12)19-9-18-13/h2-3,8,11,17H,4-7,9H2,1H3. The predicted molar refractivity (Wildman–Crippen MR) is 69.4 cm³/mol. The van der Waals surface area contributed by atoms with Gasteiger partial charge in [0.2, 0.25) is 6.79 Å². The van der Waals surface area contributed by atoms with E-state index in [-0.39, 0.29) is 12.6 Å². The van der Waals surface area contributed by atoms with Gasteiger partial charge in [-0.05, 0) is 56.2 Å². The van der Waals surface area contributed by atoms with E-state index < -0.39 is 5.60 Å². The first-order chi connectivity index (χ1) is 9.08. The molecule has 0 unspecified atom stereocenters. The minimum Gasteiger partial charge on any atom is -0.454 e. The van der Waals surface area contributed by atoms with Crippen molar-refractivity contribution >= 4 is 5.78 Å². The molecule has 3 rings (SSSR count). The van der Waals surface area contributed by atoms with E-state index in [0.717, 1.165) is 24.3 Å². The van der Waals surface area contributed by atoms with Crippen LogP contribution < -0.4 is 9.47 Å². The summed E-state index contributed by atoms with van der Waals surface area (Å²) in [7, 11) is 0. The van der Waals surface area contributed by atoms with Crippen molar-refractivity contribution in [3.63, 3.8) is 0 Å². The van der Waals surface area contributed by atoms with Crippen molar-refractivity contribution < 1.29 is 19.4 Å². The molecule has 1 saturated carbocycles. The third kappa shape index (κ3) is 2.21. The van der Waals surface area contributed by atoms with Gasteiger partial charge < -0.3 is 14.6 Å². The zero-order valence-corrected chi connectivity index (χ0v) is 11.0. The average molecular weight is 262 g/mol. The summed E-state index contributed by atoms with van der Waals surface area (Å²) in [5.74, 6) is 1.86. The summed E-state index contributed by atoms with van der Waals surface area (Å²) in [4.78, 5) is 11.4. The van der Waals surface area contributed by atoms with Gasteiger partial charge in [0.1, 0.15) is 5.60 Å². The monoisotopic (exact) mass is 262 g/mol. The third-order valence-corrected chi connectivity index (χ3v) is 4.34. The van der Waals surface area contributed by atoms with Gasteiger partial charge >= 0.3 is 0 Å². The van der Waals surface area contributed by atoms with E-state index in [1.807, 2.05) is 12.1 Å². The van der Waals surface area contributed by atoms with E-state index in [4.69, 9.17) is 9.47 Å². The molecule has 0 bridgehead atoms. The Kier molecular flexibility index (Phi) is 2.97. The lowest BCUT2D eigenvalue weighted by molar-refractivity contribution is -0.138. The number of hydrogen-bond donors (Lipinski definition) is 1. The van der Waals surface area contributed by atoms with Gasteiger partial charge in [-0.15, -0.1) is 0 Å². The molecule has 1 heterocycles. The van der Waals surface area contributed by atoms with Crippen LogP contribution in [0.1, 0.15) is 44.1 Å². The molecule has 1 N–H and O–H groups in total. The molecule has 0 aromatic heterocycles. The molecular weight excluding hydrogens is 244 g/mol. The van der Waals surface area contributed by atoms with Gasteiger partial charge in [-0.25, -0.2) is 0 Å². The van der Waals surface area contributed by atoms with Crippen LogP contribution in [0.25, 0.3) is 0 Å². The van der Waals surface area contributed by atoms with Crippen LogP contribution in [0.4, 0.5) is 0 Å². The highest BCUT2D eigenvalue weighted by Crippen LogP contribution is 2.41. The zero-order valence-electron chi connectivity index (χ0n) is 11.0. The van der Waals surface area contributed by atoms with Crippen LogP contribution in [0.5, 0.6) is 11.5 Å². The molecule has 1 fully saturated rings. The number of ketones is 1. The van der Waals surface area contributed by atoms with Crippen LogP contribution in [0.2, 0.25) is 0 Å². The highest BCUT2D eigenvalue weighted by molar-refractivity contribution is 5.84. The van der Waals surface area contributed by atoms with Gasteiger partial charge in [-0.1, -0.05) is 6.07 Å². The van der Waals surface area contributed by atoms with Gasteiger partial charge in [0.25, 0.3) is 0 Å². The highest BCUT2D eigenvalue weighted by atomic mass is 16.7. The number of carbonyl (C=O) groups excluding carboxylic acids is 1. The Hall–Kier alpha value is -1.55. The molecule has 1 aliphatic carbocycles. The molecule has 0 spiro atoms. The number of carbonyl (C=O) groups is 1. The molecule has 0 amide bonds. The highest BCUT2D eigenvalue weighted by Gasteiger charge is 2.37. The van der Waals surface area contributed by atoms with Crippen LogP contribution in [-0.2, 0) is 4.79 Å². The molecule has 1 aliphatic heterocycles. The van der Waals surface area contributed by atoms with Gasteiger partial charge in [0.15, 0.2) is 17.3 Å². The van der Waals surface area contributed by atoms with Gasteiger partial charge in [0.05, 0.1) is 0 Å². The second kappa shape index (κ2) is 4.53. The summed E-state index contributed by atoms with van der Waals surface area (Å²) in [6.07, 6.45) is 2.74. The second-order valence-corrected chi connectivity index (χ2v) is 5.47. The molecule has 0 saturated heterocycles. The Morgan fingerprint density at radius 3 is 2.63 bits per heavy atom. The maximum Gasteiger partial charge on any atom is 0.231 e. The number of aliphatic hydroxyl groups is 1. The van der Waals surface area contributed by atoms with Crippen molar-refractivity contribution in [1.82, 2.24) is 0 Å². The summed E-state index contributed by atoms with van der Waals surface area (Å²) >= 11 is 0. The summed E-state index contributed by atoms with van der Waals surface area (Å²) in [5, 5.41) is 10.2. The van der Waals surface area contributed by atoms with Crippen molar-refractivity contribution in [2.75, 3.05) is 6.79 Å². The lowest BCUT2D eigenvalue weighted by Crippen LogP contribution is -2.40. The van der Waals surface area contributed by atoms with Gasteiger partial charge in [0, 0.05) is 0 Å². The molecule has 1 aromatic carbocycles. The summed E-state index contributed by atoms with van der Waals surface area (Å²) in [6.45, 7) is 1.76. The van der Waals surface area contributed by atoms with Crippen molar-refractivity contribution in [2.45, 2.75) is 44.1 Å². The first kappa shape index (κ1) is 12.5. The van der Waals surface area contributed by atoms with E-state index in [1.165, 1.54) is 12.5 Å². The van der Waals surface area contributed by atoms with Gasteiger partial charge in [-0.2, -0.15) is 0 Å². The van der Waals surface area contributed by atoms with Crippen molar-refractivity contribution in [2.24, 2.45) is 0 Å². The van der Waals surface area contributed by atoms with Crippen molar-refractivity contribution in [1.29, 1.82) is 0 Å². The molecule has 1 aromatic rings. The van der Waals surface area contributed by atoms with Crippen LogP contribution in [0.15, 0.2) is 18.2 Å². The lowest BCUT2D eigenvalue weighted by atomic mass is 9.74. The molecule has 102 valence electrons. The molecule has 4 nitrogen and oxygen atoms in total. The zero-order chi connectivity index (χ0) is 13.5. The third-order valence-electron chi connectivity index (χ3n) is 4.34. The van der Waals surface area contributed by atoms with E-state index in [1.54, 1.807) is 0 Å². The normalized spacial score (nSPS) is 29.3. The first-order valence-electron chi connectivity index (χ1n) is 6.71. The smallest absolute Gasteiger partial charge is 0.231 e. The fraction of sp³-hybridized carbons (Fsp3) is 0.533. The Morgan fingerprint density at radius 1 is 1.26 bits per heavy atom. The summed E-state index contributed by atoms with van der Waals surface area (Å²) in [5.41, 5.74) is 0.0992. The van der Waals surface area contributed by atoms with Crippen LogP contribution in [-0.4, -0.2) is 23.3 Å². The predicted octanol–water partition coefficient (Wildman–Crippen LogP) is 2.39. The molecule has 2 aliphatic rings. The number of Topliss-reactive ketones (excluding diaryl/α,β-unsaturated/α-hetero) is 1. The number of rotatable bonds is 2. The fourth-order valence-electron chi connectivity index (χ4n) is 2.95. The van der Waals surface area contributed by atoms with E-state index >= 15 is 0 Å². The average Bonchev–Trinajstić information content (AvgIpc) is 2.86. The number of ether oxygens (including phenoxy) is 2. The topological polar surface area (TPSA) is 55.8 Å². The molecule has 0 atom stereocenters. The summed E-state index contributed by atoms with van der Waals surface area (Å²) < 4.78 is 10.7. The second-order valence-electron chi connectivity index (χ2n) is 5.47. The van der Waals surface area contributed by atoms with E-state index in [0.29, 0.717) is 18.8 Å². The molecule has 19 heavy (non-hydrogen) atoms. The number of hydrogen-bond acceptors (Lipinski definition) is 4. The summed E-state index contributed by atoms with van der Waals surface area (Å²) in [6, 6.07) is 6.00. The molecule has 0 radical (unpaired) electrons. The maximum absolute atomic E-state index is 11.4. The Morgan fingerprint density at radius 2 is 1.95 bits per heavy atom. The Balaban J connectivity index is 1.73. The van der Waals surface area contributed by atoms with Crippen LogP contribution in [0.3, 0.4) is 0 Å². The number of benzene rings is 1. The van der Waals surface area contributed by atoms with Crippen molar-refractivity contribution in [3.05, 3.63) is 23.8 Å². The quantitative estimate of drug-likeness (QED) is 0.889. The van der Waals surface area contributed by atoms with E-state index in [2.05, 4.69) is 6.07 Å². The minimum atomic E-state index is -1.10. The SMILES string of the molecule is CC(=O)C1(O)CCC(c2ccc3c(c2)OCO3)CC1. The fourth-order valence-corrected chi connectivity index (χ4v) is 2.95. The molecular formula is C15H18O4. The van der Waals surface area contributed by atoms with Crippen LogP contribution in [0, 0.1) is 0 Å². The Labute approximate surface area is 112 Å². The minimum absolute atomic E-state index is 0.114. The van der Waals surface area contributed by atoms with Crippen molar-refractivity contribution in [3.8, 4) is 11.5 Å². The Bertz CT molecular complexity index is 501.